The highest BCUT2D eigenvalue weighted by molar-refractivity contribution is 6.05. The standard InChI is InChI=1S/C15H16N4O2/c1-10-12(15(21)19(2)3)5-4-6-13(10)18-14(20)11-7-8-16-17-9-11/h4-9H,1-3H3,(H,18,20). The Hall–Kier alpha value is -2.76. The van der Waals surface area contributed by atoms with E-state index in [-0.39, 0.29) is 11.8 Å². The molecule has 6 nitrogen and oxygen atoms in total. The summed E-state index contributed by atoms with van der Waals surface area (Å²) < 4.78 is 0. The Kier molecular flexibility index (Phi) is 4.27. The minimum absolute atomic E-state index is 0.103. The third-order valence-electron chi connectivity index (χ3n) is 3.07. The largest absolute Gasteiger partial charge is 0.345 e. The molecule has 2 aromatic rings. The second kappa shape index (κ2) is 6.13. The van der Waals surface area contributed by atoms with Gasteiger partial charge in [0.05, 0.1) is 18.0 Å². The zero-order valence-electron chi connectivity index (χ0n) is 12.1. The Bertz CT molecular complexity index is 669. The van der Waals surface area contributed by atoms with Crippen molar-refractivity contribution >= 4 is 17.5 Å². The number of carbonyl (C=O) groups excluding carboxylic acids is 2. The first-order valence-electron chi connectivity index (χ1n) is 6.40. The quantitative estimate of drug-likeness (QED) is 0.931. The third kappa shape index (κ3) is 3.22. The molecule has 6 heteroatoms. The van der Waals surface area contributed by atoms with Crippen LogP contribution >= 0.6 is 0 Å². The van der Waals surface area contributed by atoms with Gasteiger partial charge in [-0.2, -0.15) is 10.2 Å². The summed E-state index contributed by atoms with van der Waals surface area (Å²) in [6.45, 7) is 1.80. The van der Waals surface area contributed by atoms with Crippen LogP contribution in [0, 0.1) is 6.92 Å². The summed E-state index contributed by atoms with van der Waals surface area (Å²) in [6.07, 6.45) is 2.84. The third-order valence-corrected chi connectivity index (χ3v) is 3.07. The predicted molar refractivity (Wildman–Crippen MR) is 79.2 cm³/mol. The first-order chi connectivity index (χ1) is 10.0. The van der Waals surface area contributed by atoms with E-state index in [1.165, 1.54) is 17.3 Å². The average molecular weight is 284 g/mol. The Morgan fingerprint density at radius 1 is 1.14 bits per heavy atom. The molecule has 0 aliphatic carbocycles. The summed E-state index contributed by atoms with van der Waals surface area (Å²) >= 11 is 0. The fourth-order valence-electron chi connectivity index (χ4n) is 1.86. The van der Waals surface area contributed by atoms with Crippen molar-refractivity contribution in [3.8, 4) is 0 Å². The molecule has 0 atom stereocenters. The van der Waals surface area contributed by atoms with Gasteiger partial charge in [-0.3, -0.25) is 9.59 Å². The molecule has 21 heavy (non-hydrogen) atoms. The highest BCUT2D eigenvalue weighted by Crippen LogP contribution is 2.20. The van der Waals surface area contributed by atoms with E-state index >= 15 is 0 Å². The molecule has 2 rings (SSSR count). The van der Waals surface area contributed by atoms with Crippen LogP contribution in [-0.2, 0) is 0 Å². The first-order valence-corrected chi connectivity index (χ1v) is 6.40. The summed E-state index contributed by atoms with van der Waals surface area (Å²) in [7, 11) is 3.38. The number of rotatable bonds is 3. The summed E-state index contributed by atoms with van der Waals surface area (Å²) in [4.78, 5) is 25.7. The van der Waals surface area contributed by atoms with Crippen LogP contribution in [0.1, 0.15) is 26.3 Å². The van der Waals surface area contributed by atoms with E-state index in [0.717, 1.165) is 5.56 Å². The Labute approximate surface area is 122 Å². The maximum absolute atomic E-state index is 12.1. The fourth-order valence-corrected chi connectivity index (χ4v) is 1.86. The molecule has 0 aliphatic rings. The zero-order valence-corrected chi connectivity index (χ0v) is 12.1. The Morgan fingerprint density at radius 3 is 2.52 bits per heavy atom. The van der Waals surface area contributed by atoms with Gasteiger partial charge in [0.1, 0.15) is 0 Å². The van der Waals surface area contributed by atoms with Crippen LogP contribution in [0.15, 0.2) is 36.7 Å². The zero-order chi connectivity index (χ0) is 15.4. The van der Waals surface area contributed by atoms with Crippen LogP contribution in [0.4, 0.5) is 5.69 Å². The van der Waals surface area contributed by atoms with Gasteiger partial charge in [0.15, 0.2) is 0 Å². The van der Waals surface area contributed by atoms with Crippen molar-refractivity contribution in [2.75, 3.05) is 19.4 Å². The van der Waals surface area contributed by atoms with Crippen molar-refractivity contribution in [3.63, 3.8) is 0 Å². The minimum atomic E-state index is -0.289. The number of anilines is 1. The van der Waals surface area contributed by atoms with Crippen LogP contribution in [0.2, 0.25) is 0 Å². The van der Waals surface area contributed by atoms with Crippen molar-refractivity contribution < 1.29 is 9.59 Å². The second-order valence-electron chi connectivity index (χ2n) is 4.76. The SMILES string of the molecule is Cc1c(NC(=O)c2ccnnc2)cccc1C(=O)N(C)C. The van der Waals surface area contributed by atoms with Gasteiger partial charge in [0, 0.05) is 25.3 Å². The van der Waals surface area contributed by atoms with E-state index in [1.807, 2.05) is 0 Å². The van der Waals surface area contributed by atoms with E-state index in [2.05, 4.69) is 15.5 Å². The van der Waals surface area contributed by atoms with Crippen molar-refractivity contribution in [2.24, 2.45) is 0 Å². The molecule has 1 aromatic heterocycles. The molecule has 0 aliphatic heterocycles. The van der Waals surface area contributed by atoms with Crippen molar-refractivity contribution in [1.82, 2.24) is 15.1 Å². The van der Waals surface area contributed by atoms with Gasteiger partial charge in [-0.05, 0) is 30.7 Å². The van der Waals surface area contributed by atoms with E-state index in [0.29, 0.717) is 16.8 Å². The molecule has 1 heterocycles. The predicted octanol–water partition coefficient (Wildman–Crippen LogP) is 1.74. The minimum Gasteiger partial charge on any atom is -0.345 e. The van der Waals surface area contributed by atoms with E-state index in [9.17, 15) is 9.59 Å². The number of hydrogen-bond donors (Lipinski definition) is 1. The normalized spacial score (nSPS) is 10.0. The highest BCUT2D eigenvalue weighted by atomic mass is 16.2. The molecule has 108 valence electrons. The van der Waals surface area contributed by atoms with Gasteiger partial charge in [-0.25, -0.2) is 0 Å². The molecule has 0 radical (unpaired) electrons. The molecule has 1 N–H and O–H groups in total. The molecule has 0 spiro atoms. The summed E-state index contributed by atoms with van der Waals surface area (Å²) in [6, 6.07) is 6.81. The number of carbonyl (C=O) groups is 2. The average Bonchev–Trinajstić information content (AvgIpc) is 2.49. The molecule has 2 amide bonds. The molecular formula is C15H16N4O2. The number of nitrogens with one attached hydrogen (secondary N) is 1. The molecule has 1 aromatic carbocycles. The van der Waals surface area contributed by atoms with Crippen molar-refractivity contribution in [1.29, 1.82) is 0 Å². The van der Waals surface area contributed by atoms with Crippen LogP contribution < -0.4 is 5.32 Å². The lowest BCUT2D eigenvalue weighted by molar-refractivity contribution is 0.0826. The summed E-state index contributed by atoms with van der Waals surface area (Å²) in [5.74, 6) is -0.392. The summed E-state index contributed by atoms with van der Waals surface area (Å²) in [5, 5.41) is 10.1. The van der Waals surface area contributed by atoms with E-state index in [4.69, 9.17) is 0 Å². The lowest BCUT2D eigenvalue weighted by Crippen LogP contribution is -2.23. The number of benzene rings is 1. The maximum Gasteiger partial charge on any atom is 0.257 e. The van der Waals surface area contributed by atoms with Gasteiger partial charge >= 0.3 is 0 Å². The molecule has 0 fully saturated rings. The van der Waals surface area contributed by atoms with Crippen molar-refractivity contribution in [3.05, 3.63) is 53.3 Å². The highest BCUT2D eigenvalue weighted by Gasteiger charge is 2.15. The van der Waals surface area contributed by atoms with E-state index in [1.54, 1.807) is 45.3 Å². The van der Waals surface area contributed by atoms with Gasteiger partial charge in [0.2, 0.25) is 0 Å². The van der Waals surface area contributed by atoms with Gasteiger partial charge in [-0.1, -0.05) is 6.07 Å². The molecule has 0 saturated carbocycles. The molecule has 0 unspecified atom stereocenters. The monoisotopic (exact) mass is 284 g/mol. The number of nitrogens with zero attached hydrogens (tertiary/aromatic N) is 3. The van der Waals surface area contributed by atoms with Crippen LogP contribution in [0.5, 0.6) is 0 Å². The Balaban J connectivity index is 2.28. The van der Waals surface area contributed by atoms with Crippen molar-refractivity contribution in [2.45, 2.75) is 6.92 Å². The summed E-state index contributed by atoms with van der Waals surface area (Å²) in [5.41, 5.74) is 2.30. The van der Waals surface area contributed by atoms with Gasteiger partial charge in [0.25, 0.3) is 11.8 Å². The van der Waals surface area contributed by atoms with Gasteiger partial charge in [-0.15, -0.1) is 0 Å². The molecular weight excluding hydrogens is 268 g/mol. The Morgan fingerprint density at radius 2 is 1.90 bits per heavy atom. The lowest BCUT2D eigenvalue weighted by Gasteiger charge is -2.15. The lowest BCUT2D eigenvalue weighted by atomic mass is 10.1. The maximum atomic E-state index is 12.1. The molecule has 0 bridgehead atoms. The topological polar surface area (TPSA) is 75.2 Å². The smallest absolute Gasteiger partial charge is 0.257 e. The van der Waals surface area contributed by atoms with Crippen LogP contribution in [0.25, 0.3) is 0 Å². The number of aromatic nitrogens is 2. The van der Waals surface area contributed by atoms with Crippen LogP contribution in [-0.4, -0.2) is 41.0 Å². The van der Waals surface area contributed by atoms with Gasteiger partial charge < -0.3 is 10.2 Å². The van der Waals surface area contributed by atoms with E-state index < -0.39 is 0 Å². The molecule has 0 saturated heterocycles. The fraction of sp³-hybridized carbons (Fsp3) is 0.200. The van der Waals surface area contributed by atoms with Crippen LogP contribution in [0.3, 0.4) is 0 Å². The second-order valence-corrected chi connectivity index (χ2v) is 4.76. The number of hydrogen-bond acceptors (Lipinski definition) is 4. The first kappa shape index (κ1) is 14.6. The number of amides is 2.